The number of nitrogens with zero attached hydrogens (tertiary/aromatic N) is 2. The molecule has 1 heterocycles. The quantitative estimate of drug-likeness (QED) is 0.900. The molecule has 1 aromatic carbocycles. The second-order valence-electron chi connectivity index (χ2n) is 5.57. The molecule has 6 nitrogen and oxygen atoms in total. The molecule has 0 bridgehead atoms. The summed E-state index contributed by atoms with van der Waals surface area (Å²) in [4.78, 5) is 15.1. The number of rotatable bonds is 3. The van der Waals surface area contributed by atoms with Gasteiger partial charge in [-0.1, -0.05) is 23.4 Å². The van der Waals surface area contributed by atoms with E-state index in [1.807, 2.05) is 25.1 Å². The van der Waals surface area contributed by atoms with E-state index in [4.69, 9.17) is 0 Å². The van der Waals surface area contributed by atoms with Gasteiger partial charge in [-0.05, 0) is 36.5 Å². The number of aromatic nitrogens is 2. The van der Waals surface area contributed by atoms with Crippen LogP contribution < -0.4 is 10.6 Å². The molecule has 128 valence electrons. The highest BCUT2D eigenvalue weighted by molar-refractivity contribution is 5.74. The number of benzene rings is 1. The summed E-state index contributed by atoms with van der Waals surface area (Å²) in [7, 11) is 0. The molecule has 0 radical (unpaired) electrons. The van der Waals surface area contributed by atoms with Gasteiger partial charge in [0.1, 0.15) is 0 Å². The first-order valence-electron chi connectivity index (χ1n) is 7.37. The molecule has 2 amide bonds. The molecule has 9 heteroatoms. The van der Waals surface area contributed by atoms with Gasteiger partial charge >= 0.3 is 12.2 Å². The van der Waals surface area contributed by atoms with Gasteiger partial charge in [-0.25, -0.2) is 4.79 Å². The Morgan fingerprint density at radius 1 is 1.42 bits per heavy atom. The maximum Gasteiger partial charge on any atom is 0.455 e. The number of alkyl halides is 3. The lowest BCUT2D eigenvalue weighted by Crippen LogP contribution is -2.37. The molecule has 1 aromatic heterocycles. The molecule has 3 rings (SSSR count). The lowest BCUT2D eigenvalue weighted by Gasteiger charge is -2.14. The maximum absolute atomic E-state index is 12.4. The van der Waals surface area contributed by atoms with Gasteiger partial charge in [0, 0.05) is 0 Å². The van der Waals surface area contributed by atoms with Gasteiger partial charge in [-0.2, -0.15) is 18.2 Å². The van der Waals surface area contributed by atoms with Crippen LogP contribution in [-0.4, -0.2) is 16.2 Å². The van der Waals surface area contributed by atoms with Crippen molar-refractivity contribution >= 4 is 6.03 Å². The molecule has 0 spiro atoms. The number of hydrogen-bond donors (Lipinski definition) is 2. The van der Waals surface area contributed by atoms with Crippen LogP contribution in [0.2, 0.25) is 0 Å². The largest absolute Gasteiger partial charge is 0.455 e. The molecule has 24 heavy (non-hydrogen) atoms. The third-order valence-electron chi connectivity index (χ3n) is 3.93. The van der Waals surface area contributed by atoms with E-state index in [1.54, 1.807) is 0 Å². The van der Waals surface area contributed by atoms with Crippen LogP contribution in [0.4, 0.5) is 18.0 Å². The van der Waals surface area contributed by atoms with Gasteiger partial charge in [0.25, 0.3) is 5.82 Å². The van der Waals surface area contributed by atoms with Crippen LogP contribution >= 0.6 is 0 Å². The number of carbonyl (C=O) groups excluding carboxylic acids is 1. The summed E-state index contributed by atoms with van der Waals surface area (Å²) in [6, 6.07) is 5.31. The van der Waals surface area contributed by atoms with Crippen molar-refractivity contribution in [3.63, 3.8) is 0 Å². The summed E-state index contributed by atoms with van der Waals surface area (Å²) in [5, 5.41) is 8.06. The van der Waals surface area contributed by atoms with Crippen LogP contribution in [0.3, 0.4) is 0 Å². The van der Waals surface area contributed by atoms with Crippen LogP contribution in [0.25, 0.3) is 0 Å². The Balaban J connectivity index is 1.56. The predicted octanol–water partition coefficient (Wildman–Crippen LogP) is 2.88. The summed E-state index contributed by atoms with van der Waals surface area (Å²) >= 11 is 0. The summed E-state index contributed by atoms with van der Waals surface area (Å²) in [6.45, 7) is 1.75. The second kappa shape index (κ2) is 6.14. The van der Waals surface area contributed by atoms with Crippen molar-refractivity contribution in [3.05, 3.63) is 46.6 Å². The van der Waals surface area contributed by atoms with Crippen molar-refractivity contribution < 1.29 is 22.5 Å². The zero-order valence-electron chi connectivity index (χ0n) is 12.8. The van der Waals surface area contributed by atoms with E-state index in [9.17, 15) is 18.0 Å². The number of nitrogens with one attached hydrogen (secondary N) is 2. The molecule has 1 atom stereocenters. The molecule has 1 aliphatic carbocycles. The highest BCUT2D eigenvalue weighted by Gasteiger charge is 2.37. The normalized spacial score (nSPS) is 16.8. The minimum atomic E-state index is -4.67. The number of carbonyl (C=O) groups is 1. The van der Waals surface area contributed by atoms with E-state index in [1.165, 1.54) is 11.1 Å². The molecule has 0 saturated heterocycles. The van der Waals surface area contributed by atoms with Crippen LogP contribution in [0, 0.1) is 6.92 Å². The highest BCUT2D eigenvalue weighted by Crippen LogP contribution is 2.32. The summed E-state index contributed by atoms with van der Waals surface area (Å²) in [6.07, 6.45) is -3.01. The standard InChI is InChI=1S/C15H15F3N4O2/c1-8-3-2-4-10-9(8)5-6-11(10)20-14(23)19-7-12-21-13(22-24-12)15(16,17)18/h2-4,11H,5-7H2,1H3,(H2,19,20,23). The van der Waals surface area contributed by atoms with Gasteiger partial charge in [0.2, 0.25) is 5.89 Å². The topological polar surface area (TPSA) is 80.0 Å². The number of halogens is 3. The van der Waals surface area contributed by atoms with E-state index in [0.29, 0.717) is 0 Å². The summed E-state index contributed by atoms with van der Waals surface area (Å²) < 4.78 is 41.5. The predicted molar refractivity (Wildman–Crippen MR) is 76.9 cm³/mol. The number of hydrogen-bond acceptors (Lipinski definition) is 4. The number of urea groups is 1. The zero-order valence-corrected chi connectivity index (χ0v) is 12.8. The molecule has 1 aliphatic rings. The van der Waals surface area contributed by atoms with Gasteiger partial charge in [-0.3, -0.25) is 0 Å². The fourth-order valence-electron chi connectivity index (χ4n) is 2.79. The van der Waals surface area contributed by atoms with E-state index in [2.05, 4.69) is 25.3 Å². The third kappa shape index (κ3) is 3.34. The average Bonchev–Trinajstić information content (AvgIpc) is 3.13. The third-order valence-corrected chi connectivity index (χ3v) is 3.93. The molecule has 0 aliphatic heterocycles. The molecular formula is C15H15F3N4O2. The van der Waals surface area contributed by atoms with E-state index >= 15 is 0 Å². The minimum Gasteiger partial charge on any atom is -0.337 e. The molecular weight excluding hydrogens is 325 g/mol. The fraction of sp³-hybridized carbons (Fsp3) is 0.400. The molecule has 2 N–H and O–H groups in total. The van der Waals surface area contributed by atoms with E-state index < -0.39 is 18.0 Å². The zero-order chi connectivity index (χ0) is 17.3. The van der Waals surface area contributed by atoms with Gasteiger partial charge in [0.05, 0.1) is 12.6 Å². The molecule has 1 unspecified atom stereocenters. The first-order valence-corrected chi connectivity index (χ1v) is 7.37. The van der Waals surface area contributed by atoms with Gasteiger partial charge in [0.15, 0.2) is 0 Å². The smallest absolute Gasteiger partial charge is 0.337 e. The summed E-state index contributed by atoms with van der Waals surface area (Å²) in [5.41, 5.74) is 3.49. The summed E-state index contributed by atoms with van der Waals surface area (Å²) in [5.74, 6) is -1.67. The highest BCUT2D eigenvalue weighted by atomic mass is 19.4. The monoisotopic (exact) mass is 340 g/mol. The average molecular weight is 340 g/mol. The van der Waals surface area contributed by atoms with Crippen LogP contribution in [-0.2, 0) is 19.1 Å². The van der Waals surface area contributed by atoms with E-state index in [0.717, 1.165) is 18.4 Å². The Morgan fingerprint density at radius 2 is 2.21 bits per heavy atom. The fourth-order valence-corrected chi connectivity index (χ4v) is 2.79. The number of aryl methyl sites for hydroxylation is 1. The first-order chi connectivity index (χ1) is 11.3. The van der Waals surface area contributed by atoms with Crippen LogP contribution in [0.5, 0.6) is 0 Å². The van der Waals surface area contributed by atoms with Crippen LogP contribution in [0.1, 0.15) is 40.9 Å². The molecule has 2 aromatic rings. The lowest BCUT2D eigenvalue weighted by atomic mass is 10.0. The van der Waals surface area contributed by atoms with Crippen molar-refractivity contribution in [2.45, 2.75) is 38.5 Å². The van der Waals surface area contributed by atoms with Crippen molar-refractivity contribution in [3.8, 4) is 0 Å². The van der Waals surface area contributed by atoms with E-state index in [-0.39, 0.29) is 18.5 Å². The van der Waals surface area contributed by atoms with Crippen molar-refractivity contribution in [2.24, 2.45) is 0 Å². The number of fused-ring (bicyclic) bond motifs is 1. The van der Waals surface area contributed by atoms with Crippen molar-refractivity contribution in [1.29, 1.82) is 0 Å². The van der Waals surface area contributed by atoms with Crippen LogP contribution in [0.15, 0.2) is 22.7 Å². The van der Waals surface area contributed by atoms with Crippen molar-refractivity contribution in [1.82, 2.24) is 20.8 Å². The van der Waals surface area contributed by atoms with Gasteiger partial charge in [-0.15, -0.1) is 0 Å². The van der Waals surface area contributed by atoms with Crippen molar-refractivity contribution in [2.75, 3.05) is 0 Å². The molecule has 0 saturated carbocycles. The Kier molecular flexibility index (Phi) is 4.16. The maximum atomic E-state index is 12.4. The van der Waals surface area contributed by atoms with Gasteiger partial charge < -0.3 is 15.2 Å². The first kappa shape index (κ1) is 16.3. The second-order valence-corrected chi connectivity index (χ2v) is 5.57. The Morgan fingerprint density at radius 3 is 2.92 bits per heavy atom. The molecule has 0 fully saturated rings. The Bertz CT molecular complexity index is 757. The Labute approximate surface area is 135 Å². The number of amides is 2. The SMILES string of the molecule is Cc1cccc2c1CCC2NC(=O)NCc1nc(C(F)(F)F)no1. The Hall–Kier alpha value is -2.58. The lowest BCUT2D eigenvalue weighted by molar-refractivity contribution is -0.146. The minimum absolute atomic E-state index is 0.117.